The first-order chi connectivity index (χ1) is 17.0. The Bertz CT molecular complexity index is 1370. The van der Waals surface area contributed by atoms with Crippen molar-refractivity contribution in [1.82, 2.24) is 9.88 Å². The van der Waals surface area contributed by atoms with Gasteiger partial charge in [0.05, 0.1) is 6.26 Å². The van der Waals surface area contributed by atoms with Gasteiger partial charge in [0.25, 0.3) is 11.8 Å². The van der Waals surface area contributed by atoms with Gasteiger partial charge in [-0.25, -0.2) is 0 Å². The number of ether oxygens (including phenoxy) is 1. The first-order valence-corrected chi connectivity index (χ1v) is 11.3. The number of rotatable bonds is 6. The minimum Gasteiger partial charge on any atom is -0.485 e. The summed E-state index contributed by atoms with van der Waals surface area (Å²) in [6.45, 7) is 6.22. The Labute approximate surface area is 202 Å². The highest BCUT2D eigenvalue weighted by atomic mass is 16.5. The van der Waals surface area contributed by atoms with Crippen LogP contribution < -0.4 is 9.64 Å². The van der Waals surface area contributed by atoms with Crippen LogP contribution in [-0.2, 0) is 6.61 Å². The van der Waals surface area contributed by atoms with Gasteiger partial charge in [-0.1, -0.05) is 12.1 Å². The van der Waals surface area contributed by atoms with Crippen molar-refractivity contribution in [3.05, 3.63) is 77.1 Å². The number of piperazine rings is 1. The summed E-state index contributed by atoms with van der Waals surface area (Å²) < 4.78 is 22.9. The molecule has 0 spiro atoms. The topological polar surface area (TPSA) is 109 Å². The van der Waals surface area contributed by atoms with Crippen LogP contribution >= 0.6 is 0 Å². The predicted molar refractivity (Wildman–Crippen MR) is 126 cm³/mol. The van der Waals surface area contributed by atoms with E-state index < -0.39 is 0 Å². The van der Waals surface area contributed by atoms with E-state index in [1.165, 1.54) is 6.26 Å². The van der Waals surface area contributed by atoms with Gasteiger partial charge in [-0.3, -0.25) is 4.79 Å². The maximum Gasteiger partial charge on any atom is 0.289 e. The maximum atomic E-state index is 12.5. The Morgan fingerprint density at radius 3 is 2.69 bits per heavy atom. The van der Waals surface area contributed by atoms with Crippen molar-refractivity contribution in [2.45, 2.75) is 20.5 Å². The number of furan rings is 2. The summed E-state index contributed by atoms with van der Waals surface area (Å²) in [5.41, 5.74) is 2.34. The number of nitrogens with zero attached hydrogens (tertiary/aromatic N) is 4. The summed E-state index contributed by atoms with van der Waals surface area (Å²) in [4.78, 5) is 20.5. The number of hydrogen-bond acceptors (Lipinski definition) is 8. The molecule has 9 nitrogen and oxygen atoms in total. The largest absolute Gasteiger partial charge is 0.485 e. The van der Waals surface area contributed by atoms with Gasteiger partial charge < -0.3 is 27.8 Å². The number of anilines is 1. The Morgan fingerprint density at radius 2 is 1.94 bits per heavy atom. The molecule has 1 saturated heterocycles. The molecule has 9 heteroatoms. The lowest BCUT2D eigenvalue weighted by Gasteiger charge is -2.34. The number of aromatic nitrogens is 1. The lowest BCUT2D eigenvalue weighted by Crippen LogP contribution is -2.48. The highest BCUT2D eigenvalue weighted by Crippen LogP contribution is 2.30. The highest BCUT2D eigenvalue weighted by Gasteiger charge is 2.28. The molecule has 35 heavy (non-hydrogen) atoms. The molecule has 0 bridgehead atoms. The van der Waals surface area contributed by atoms with Crippen LogP contribution in [0.2, 0.25) is 0 Å². The van der Waals surface area contributed by atoms with Crippen molar-refractivity contribution < 1.29 is 22.8 Å². The normalized spacial score (nSPS) is 13.6. The number of oxazole rings is 1. The first kappa shape index (κ1) is 22.3. The van der Waals surface area contributed by atoms with Gasteiger partial charge in [0.15, 0.2) is 11.5 Å². The minimum absolute atomic E-state index is 0.153. The van der Waals surface area contributed by atoms with Crippen molar-refractivity contribution >= 4 is 11.8 Å². The quantitative estimate of drug-likeness (QED) is 0.402. The SMILES string of the molecule is Cc1ccc(C)c(OCc2ccc(-c3nc(C#N)c(N4CCN(C(=O)c5ccco5)CC4)o3)o2)c1. The maximum absolute atomic E-state index is 12.5. The Kier molecular flexibility index (Phi) is 6.02. The van der Waals surface area contributed by atoms with Crippen molar-refractivity contribution in [2.24, 2.45) is 0 Å². The van der Waals surface area contributed by atoms with Crippen molar-refractivity contribution in [1.29, 1.82) is 5.26 Å². The fraction of sp³-hybridized carbons (Fsp3) is 0.269. The van der Waals surface area contributed by atoms with Gasteiger partial charge in [0, 0.05) is 26.2 Å². The fourth-order valence-electron chi connectivity index (χ4n) is 3.96. The molecule has 0 unspecified atom stereocenters. The van der Waals surface area contributed by atoms with Crippen LogP contribution in [0.5, 0.6) is 5.75 Å². The third-order valence-electron chi connectivity index (χ3n) is 5.89. The zero-order valence-corrected chi connectivity index (χ0v) is 19.5. The zero-order valence-electron chi connectivity index (χ0n) is 19.5. The molecule has 178 valence electrons. The highest BCUT2D eigenvalue weighted by molar-refractivity contribution is 5.91. The van der Waals surface area contributed by atoms with Crippen LogP contribution in [0.25, 0.3) is 11.7 Å². The van der Waals surface area contributed by atoms with Gasteiger partial charge in [-0.05, 0) is 55.3 Å². The second kappa shape index (κ2) is 9.43. The van der Waals surface area contributed by atoms with Gasteiger partial charge in [-0.2, -0.15) is 10.2 Å². The van der Waals surface area contributed by atoms with E-state index >= 15 is 0 Å². The van der Waals surface area contributed by atoms with Crippen molar-refractivity contribution in [3.8, 4) is 23.5 Å². The lowest BCUT2D eigenvalue weighted by molar-refractivity contribution is 0.0713. The van der Waals surface area contributed by atoms with Crippen LogP contribution in [-0.4, -0.2) is 42.0 Å². The molecule has 0 atom stereocenters. The molecular formula is C26H24N4O5. The number of benzene rings is 1. The average molecular weight is 473 g/mol. The predicted octanol–water partition coefficient (Wildman–Crippen LogP) is 4.56. The number of carbonyl (C=O) groups is 1. The fourth-order valence-corrected chi connectivity index (χ4v) is 3.96. The van der Waals surface area contributed by atoms with Gasteiger partial charge in [0.1, 0.15) is 24.2 Å². The second-order valence-corrected chi connectivity index (χ2v) is 8.36. The van der Waals surface area contributed by atoms with Gasteiger partial charge in [-0.15, -0.1) is 0 Å². The molecule has 1 aliphatic rings. The zero-order chi connectivity index (χ0) is 24.4. The van der Waals surface area contributed by atoms with E-state index in [0.29, 0.717) is 49.3 Å². The molecule has 1 aliphatic heterocycles. The summed E-state index contributed by atoms with van der Waals surface area (Å²) >= 11 is 0. The van der Waals surface area contributed by atoms with E-state index in [1.807, 2.05) is 36.9 Å². The molecule has 1 aromatic carbocycles. The molecule has 4 aromatic rings. The molecule has 0 aliphatic carbocycles. The van der Waals surface area contributed by atoms with E-state index in [-0.39, 0.29) is 24.1 Å². The first-order valence-electron chi connectivity index (χ1n) is 11.3. The molecule has 4 heterocycles. The molecule has 0 saturated carbocycles. The number of hydrogen-bond donors (Lipinski definition) is 0. The molecule has 1 fully saturated rings. The third-order valence-corrected chi connectivity index (χ3v) is 5.89. The third kappa shape index (κ3) is 4.64. The van der Waals surface area contributed by atoms with Gasteiger partial charge >= 0.3 is 0 Å². The standard InChI is InChI=1S/C26H24N4O5/c1-17-5-6-18(2)23(14-17)33-16-19-7-8-21(34-19)24-28-20(15-27)26(35-24)30-11-9-29(10-12-30)25(31)22-4-3-13-32-22/h3-8,13-14H,9-12,16H2,1-2H3. The van der Waals surface area contributed by atoms with E-state index in [4.69, 9.17) is 18.0 Å². The minimum atomic E-state index is -0.153. The number of carbonyl (C=O) groups excluding carboxylic acids is 1. The molecule has 1 amide bonds. The second-order valence-electron chi connectivity index (χ2n) is 8.36. The van der Waals surface area contributed by atoms with Crippen LogP contribution in [0.4, 0.5) is 5.88 Å². The summed E-state index contributed by atoms with van der Waals surface area (Å²) in [7, 11) is 0. The van der Waals surface area contributed by atoms with Gasteiger partial charge in [0.2, 0.25) is 11.6 Å². The molecule has 0 radical (unpaired) electrons. The van der Waals surface area contributed by atoms with Crippen LogP contribution in [0, 0.1) is 25.2 Å². The summed E-state index contributed by atoms with van der Waals surface area (Å²) in [6, 6.07) is 15.0. The molecular weight excluding hydrogens is 448 g/mol. The van der Waals surface area contributed by atoms with E-state index in [2.05, 4.69) is 11.1 Å². The van der Waals surface area contributed by atoms with Crippen LogP contribution in [0.15, 0.2) is 62.0 Å². The summed E-state index contributed by atoms with van der Waals surface area (Å²) in [5, 5.41) is 9.61. The van der Waals surface area contributed by atoms with E-state index in [9.17, 15) is 10.1 Å². The van der Waals surface area contributed by atoms with Crippen molar-refractivity contribution in [2.75, 3.05) is 31.1 Å². The molecule has 3 aromatic heterocycles. The number of amides is 1. The average Bonchev–Trinajstić information content (AvgIpc) is 3.65. The molecule has 0 N–H and O–H groups in total. The Morgan fingerprint density at radius 1 is 1.11 bits per heavy atom. The molecule has 5 rings (SSSR count). The lowest BCUT2D eigenvalue weighted by atomic mass is 10.1. The summed E-state index contributed by atoms with van der Waals surface area (Å²) in [5.74, 6) is 2.59. The Hall–Kier alpha value is -4.45. The smallest absolute Gasteiger partial charge is 0.289 e. The van der Waals surface area contributed by atoms with E-state index in [1.54, 1.807) is 29.2 Å². The van der Waals surface area contributed by atoms with E-state index in [0.717, 1.165) is 16.9 Å². The number of aryl methyl sites for hydroxylation is 2. The summed E-state index contributed by atoms with van der Waals surface area (Å²) in [6.07, 6.45) is 1.48. The van der Waals surface area contributed by atoms with Crippen LogP contribution in [0.1, 0.15) is 33.1 Å². The Balaban J connectivity index is 1.26. The monoisotopic (exact) mass is 472 g/mol. The number of nitriles is 1. The van der Waals surface area contributed by atoms with Crippen molar-refractivity contribution in [3.63, 3.8) is 0 Å². The van der Waals surface area contributed by atoms with Crippen LogP contribution in [0.3, 0.4) is 0 Å².